The van der Waals surface area contributed by atoms with Crippen LogP contribution in [0.1, 0.15) is 36.5 Å². The molecule has 3 saturated heterocycles. The van der Waals surface area contributed by atoms with Crippen LogP contribution in [0.5, 0.6) is 5.88 Å². The molecule has 9 nitrogen and oxygen atoms in total. The Morgan fingerprint density at radius 1 is 1.14 bits per heavy atom. The highest BCUT2D eigenvalue weighted by atomic mass is 16.5. The van der Waals surface area contributed by atoms with Gasteiger partial charge in [-0.15, -0.1) is 15.3 Å². The van der Waals surface area contributed by atoms with Crippen LogP contribution < -0.4 is 9.64 Å². The Bertz CT molecular complexity index is 1050. The zero-order chi connectivity index (χ0) is 20.1. The number of piperazine rings is 1. The Morgan fingerprint density at radius 2 is 1.93 bits per heavy atom. The number of aromatic nitrogens is 5. The minimum absolute atomic E-state index is 0.0348. The molecular formula is C20H23N7O2. The van der Waals surface area contributed by atoms with E-state index >= 15 is 0 Å². The van der Waals surface area contributed by atoms with E-state index in [0.717, 1.165) is 36.8 Å². The lowest BCUT2D eigenvalue weighted by Gasteiger charge is -2.56. The van der Waals surface area contributed by atoms with Crippen molar-refractivity contribution in [1.82, 2.24) is 29.7 Å². The molecule has 2 bridgehead atoms. The SMILES string of the molecule is Cc1nnc2ccc(N3CC4CC(C3)N4C(=O)c3ccc(OC(C)C)nc3)nn12. The number of carbonyl (C=O) groups excluding carboxylic acids is 1. The second-order valence-electron chi connectivity index (χ2n) is 7.92. The van der Waals surface area contributed by atoms with Crippen LogP contribution in [0, 0.1) is 6.92 Å². The monoisotopic (exact) mass is 393 g/mol. The second kappa shape index (κ2) is 6.68. The van der Waals surface area contributed by atoms with E-state index in [4.69, 9.17) is 4.74 Å². The third-order valence-corrected chi connectivity index (χ3v) is 5.50. The number of carbonyl (C=O) groups is 1. The smallest absolute Gasteiger partial charge is 0.256 e. The number of ether oxygens (including phenoxy) is 1. The average Bonchev–Trinajstić information content (AvgIpc) is 3.08. The summed E-state index contributed by atoms with van der Waals surface area (Å²) >= 11 is 0. The number of piperidine rings is 1. The van der Waals surface area contributed by atoms with Gasteiger partial charge in [0, 0.05) is 25.4 Å². The molecule has 0 N–H and O–H groups in total. The van der Waals surface area contributed by atoms with Gasteiger partial charge in [-0.1, -0.05) is 0 Å². The van der Waals surface area contributed by atoms with Crippen LogP contribution in [0.3, 0.4) is 0 Å². The molecule has 3 aromatic rings. The quantitative estimate of drug-likeness (QED) is 0.667. The number of anilines is 1. The lowest BCUT2D eigenvalue weighted by molar-refractivity contribution is 0.00568. The first-order chi connectivity index (χ1) is 14.0. The molecule has 0 radical (unpaired) electrons. The van der Waals surface area contributed by atoms with Gasteiger partial charge in [-0.05, 0) is 45.4 Å². The maximum atomic E-state index is 13.0. The molecular weight excluding hydrogens is 370 g/mol. The van der Waals surface area contributed by atoms with Gasteiger partial charge < -0.3 is 14.5 Å². The summed E-state index contributed by atoms with van der Waals surface area (Å²) in [5, 5.41) is 12.8. The standard InChI is InChI=1S/C20H23N7O2/c1-12(2)29-19-7-4-14(9-21-19)20(28)26-15-8-16(26)11-25(10-15)18-6-5-17-23-22-13(3)27(17)24-18/h4-7,9,12,15-16H,8,10-11H2,1-3H3. The van der Waals surface area contributed by atoms with Gasteiger partial charge in [-0.3, -0.25) is 4.79 Å². The lowest BCUT2D eigenvalue weighted by atomic mass is 9.86. The van der Waals surface area contributed by atoms with Gasteiger partial charge >= 0.3 is 0 Å². The molecule has 3 fully saturated rings. The van der Waals surface area contributed by atoms with E-state index in [9.17, 15) is 4.79 Å². The van der Waals surface area contributed by atoms with Crippen molar-refractivity contribution in [3.05, 3.63) is 41.9 Å². The minimum atomic E-state index is 0.0348. The Kier molecular flexibility index (Phi) is 4.11. The summed E-state index contributed by atoms with van der Waals surface area (Å²) < 4.78 is 7.31. The van der Waals surface area contributed by atoms with Crippen molar-refractivity contribution in [2.45, 2.75) is 45.4 Å². The number of hydrogen-bond donors (Lipinski definition) is 0. The Labute approximate surface area is 168 Å². The van der Waals surface area contributed by atoms with Crippen LogP contribution in [0.2, 0.25) is 0 Å². The third-order valence-electron chi connectivity index (χ3n) is 5.50. The highest BCUT2D eigenvalue weighted by Gasteiger charge is 2.47. The molecule has 3 aliphatic heterocycles. The van der Waals surface area contributed by atoms with Crippen LogP contribution in [-0.2, 0) is 0 Å². The third kappa shape index (κ3) is 3.06. The number of pyridine rings is 1. The predicted molar refractivity (Wildman–Crippen MR) is 106 cm³/mol. The Hall–Kier alpha value is -3.23. The summed E-state index contributed by atoms with van der Waals surface area (Å²) in [6.07, 6.45) is 2.69. The molecule has 150 valence electrons. The molecule has 3 aliphatic rings. The van der Waals surface area contributed by atoms with Crippen LogP contribution in [0.15, 0.2) is 30.5 Å². The fourth-order valence-electron chi connectivity index (χ4n) is 4.15. The topological polar surface area (TPSA) is 88.8 Å². The first kappa shape index (κ1) is 17.8. The highest BCUT2D eigenvalue weighted by Crippen LogP contribution is 2.35. The number of amides is 1. The second-order valence-corrected chi connectivity index (χ2v) is 7.92. The van der Waals surface area contributed by atoms with E-state index in [2.05, 4.69) is 25.2 Å². The summed E-state index contributed by atoms with van der Waals surface area (Å²) in [5.41, 5.74) is 1.34. The van der Waals surface area contributed by atoms with Gasteiger partial charge in [-0.2, -0.15) is 4.52 Å². The molecule has 0 aromatic carbocycles. The van der Waals surface area contributed by atoms with E-state index in [1.807, 2.05) is 37.8 Å². The van der Waals surface area contributed by atoms with E-state index in [1.165, 1.54) is 0 Å². The summed E-state index contributed by atoms with van der Waals surface area (Å²) in [6, 6.07) is 7.83. The summed E-state index contributed by atoms with van der Waals surface area (Å²) in [7, 11) is 0. The minimum Gasteiger partial charge on any atom is -0.475 e. The maximum Gasteiger partial charge on any atom is 0.256 e. The molecule has 0 aliphatic carbocycles. The zero-order valence-electron chi connectivity index (χ0n) is 16.7. The van der Waals surface area contributed by atoms with Crippen molar-refractivity contribution < 1.29 is 9.53 Å². The van der Waals surface area contributed by atoms with Gasteiger partial charge in [0.25, 0.3) is 5.91 Å². The fraction of sp³-hybridized carbons (Fsp3) is 0.450. The van der Waals surface area contributed by atoms with Gasteiger partial charge in [0.05, 0.1) is 23.8 Å². The molecule has 6 rings (SSSR count). The Balaban J connectivity index is 1.29. The molecule has 9 heteroatoms. The number of aryl methyl sites for hydroxylation is 1. The molecule has 6 heterocycles. The average molecular weight is 393 g/mol. The van der Waals surface area contributed by atoms with Crippen molar-refractivity contribution in [1.29, 1.82) is 0 Å². The summed E-state index contributed by atoms with van der Waals surface area (Å²) in [4.78, 5) is 21.5. The number of nitrogens with zero attached hydrogens (tertiary/aromatic N) is 7. The first-order valence-electron chi connectivity index (χ1n) is 9.89. The molecule has 3 aromatic heterocycles. The Morgan fingerprint density at radius 3 is 2.62 bits per heavy atom. The molecule has 2 unspecified atom stereocenters. The van der Waals surface area contributed by atoms with Crippen LogP contribution >= 0.6 is 0 Å². The number of fused-ring (bicyclic) bond motifs is 3. The summed E-state index contributed by atoms with van der Waals surface area (Å²) in [6.45, 7) is 7.32. The molecule has 2 atom stereocenters. The van der Waals surface area contributed by atoms with Gasteiger partial charge in [0.1, 0.15) is 5.82 Å². The maximum absolute atomic E-state index is 13.0. The molecule has 29 heavy (non-hydrogen) atoms. The molecule has 0 saturated carbocycles. The van der Waals surface area contributed by atoms with Crippen molar-refractivity contribution in [2.75, 3.05) is 18.0 Å². The highest BCUT2D eigenvalue weighted by molar-refractivity contribution is 5.95. The van der Waals surface area contributed by atoms with Gasteiger partial charge in [0.15, 0.2) is 11.5 Å². The molecule has 1 amide bonds. The van der Waals surface area contributed by atoms with Crippen molar-refractivity contribution in [2.24, 2.45) is 0 Å². The van der Waals surface area contributed by atoms with Crippen LogP contribution in [0.25, 0.3) is 5.65 Å². The zero-order valence-corrected chi connectivity index (χ0v) is 16.7. The largest absolute Gasteiger partial charge is 0.475 e. The number of hydrogen-bond acceptors (Lipinski definition) is 7. The van der Waals surface area contributed by atoms with E-state index < -0.39 is 0 Å². The molecule has 0 spiro atoms. The van der Waals surface area contributed by atoms with E-state index in [1.54, 1.807) is 22.8 Å². The number of rotatable bonds is 4. The first-order valence-corrected chi connectivity index (χ1v) is 9.89. The predicted octanol–water partition coefficient (Wildman–Crippen LogP) is 1.72. The van der Waals surface area contributed by atoms with Crippen LogP contribution in [0.4, 0.5) is 5.82 Å². The fourth-order valence-corrected chi connectivity index (χ4v) is 4.15. The van der Waals surface area contributed by atoms with Gasteiger partial charge in [0.2, 0.25) is 5.88 Å². The van der Waals surface area contributed by atoms with E-state index in [0.29, 0.717) is 11.4 Å². The van der Waals surface area contributed by atoms with Crippen LogP contribution in [-0.4, -0.2) is 66.9 Å². The normalized spacial score (nSPS) is 20.8. The lowest BCUT2D eigenvalue weighted by Crippen LogP contribution is -2.70. The van der Waals surface area contributed by atoms with Gasteiger partial charge in [-0.25, -0.2) is 4.98 Å². The van der Waals surface area contributed by atoms with Crippen molar-refractivity contribution in [3.63, 3.8) is 0 Å². The van der Waals surface area contributed by atoms with Crippen molar-refractivity contribution >= 4 is 17.4 Å². The van der Waals surface area contributed by atoms with Crippen molar-refractivity contribution in [3.8, 4) is 5.88 Å². The summed E-state index contributed by atoms with van der Waals surface area (Å²) in [5.74, 6) is 2.22. The van der Waals surface area contributed by atoms with E-state index in [-0.39, 0.29) is 24.1 Å².